The predicted octanol–water partition coefficient (Wildman–Crippen LogP) is 2.92. The molecule has 1 saturated heterocycles. The van der Waals surface area contributed by atoms with Gasteiger partial charge in [-0.05, 0) is 37.8 Å². The van der Waals surface area contributed by atoms with Crippen LogP contribution in [-0.2, 0) is 9.59 Å². The number of hydrogen-bond donors (Lipinski definition) is 1. The summed E-state index contributed by atoms with van der Waals surface area (Å²) in [6.45, 7) is 5.39. The molecule has 1 aliphatic rings. The number of hydrogen-bond acceptors (Lipinski definition) is 2. The van der Waals surface area contributed by atoms with Crippen molar-refractivity contribution >= 4 is 17.9 Å². The zero-order valence-corrected chi connectivity index (χ0v) is 14.0. The average Bonchev–Trinajstić information content (AvgIpc) is 2.53. The fourth-order valence-corrected chi connectivity index (χ4v) is 2.87. The van der Waals surface area contributed by atoms with Crippen LogP contribution in [0.1, 0.15) is 43.7 Å². The van der Waals surface area contributed by atoms with Crippen molar-refractivity contribution in [2.45, 2.75) is 45.6 Å². The van der Waals surface area contributed by atoms with E-state index in [1.807, 2.05) is 49.1 Å². The number of aryl methyl sites for hydroxylation is 1. The van der Waals surface area contributed by atoms with Gasteiger partial charge in [0.05, 0.1) is 0 Å². The molecule has 1 atom stereocenters. The zero-order valence-electron chi connectivity index (χ0n) is 14.0. The van der Waals surface area contributed by atoms with Crippen LogP contribution in [0.2, 0.25) is 0 Å². The summed E-state index contributed by atoms with van der Waals surface area (Å²) in [4.78, 5) is 25.9. The fraction of sp³-hybridized carbons (Fsp3) is 0.474. The normalized spacial score (nSPS) is 18.2. The zero-order chi connectivity index (χ0) is 16.7. The number of likely N-dealkylation sites (tertiary alicyclic amines) is 1. The Morgan fingerprint density at radius 3 is 2.96 bits per heavy atom. The molecule has 1 heterocycles. The van der Waals surface area contributed by atoms with Crippen molar-refractivity contribution in [3.8, 4) is 0 Å². The summed E-state index contributed by atoms with van der Waals surface area (Å²) >= 11 is 0. The van der Waals surface area contributed by atoms with Crippen LogP contribution in [0.3, 0.4) is 0 Å². The van der Waals surface area contributed by atoms with Crippen molar-refractivity contribution < 1.29 is 9.59 Å². The van der Waals surface area contributed by atoms with Gasteiger partial charge in [-0.2, -0.15) is 0 Å². The fourth-order valence-electron chi connectivity index (χ4n) is 2.87. The minimum atomic E-state index is 0.0148. The molecular formula is C19H26N2O2. The van der Waals surface area contributed by atoms with Crippen LogP contribution in [0.4, 0.5) is 0 Å². The molecule has 1 N–H and O–H groups in total. The monoisotopic (exact) mass is 314 g/mol. The summed E-state index contributed by atoms with van der Waals surface area (Å²) in [5.41, 5.74) is 2.21. The van der Waals surface area contributed by atoms with E-state index in [0.717, 1.165) is 31.4 Å². The lowest BCUT2D eigenvalue weighted by atomic mass is 10.0. The van der Waals surface area contributed by atoms with Crippen molar-refractivity contribution in [2.75, 3.05) is 13.1 Å². The molecule has 4 heteroatoms. The smallest absolute Gasteiger partial charge is 0.246 e. The molecule has 1 fully saturated rings. The van der Waals surface area contributed by atoms with Gasteiger partial charge < -0.3 is 10.2 Å². The third-order valence-electron chi connectivity index (χ3n) is 4.04. The first kappa shape index (κ1) is 17.3. The van der Waals surface area contributed by atoms with Crippen molar-refractivity contribution in [1.82, 2.24) is 10.2 Å². The molecule has 0 saturated carbocycles. The number of carbonyl (C=O) groups is 2. The first-order chi connectivity index (χ1) is 11.1. The second kappa shape index (κ2) is 8.51. The van der Waals surface area contributed by atoms with Crippen LogP contribution < -0.4 is 5.32 Å². The van der Waals surface area contributed by atoms with E-state index in [9.17, 15) is 9.59 Å². The van der Waals surface area contributed by atoms with Crippen molar-refractivity contribution in [1.29, 1.82) is 0 Å². The van der Waals surface area contributed by atoms with Crippen molar-refractivity contribution in [2.24, 2.45) is 0 Å². The van der Waals surface area contributed by atoms with Crippen LogP contribution >= 0.6 is 0 Å². The molecule has 2 rings (SSSR count). The lowest BCUT2D eigenvalue weighted by molar-refractivity contribution is -0.129. The Balaban J connectivity index is 1.90. The predicted molar refractivity (Wildman–Crippen MR) is 92.9 cm³/mol. The van der Waals surface area contributed by atoms with Crippen LogP contribution in [0.5, 0.6) is 0 Å². The van der Waals surface area contributed by atoms with Gasteiger partial charge in [-0.1, -0.05) is 36.8 Å². The quantitative estimate of drug-likeness (QED) is 0.850. The molecular weight excluding hydrogens is 288 g/mol. The number of benzene rings is 1. The summed E-state index contributed by atoms with van der Waals surface area (Å²) in [6.07, 6.45) is 6.76. The summed E-state index contributed by atoms with van der Waals surface area (Å²) in [6, 6.07) is 8.14. The molecule has 1 aromatic rings. The average molecular weight is 314 g/mol. The third kappa shape index (κ3) is 5.55. The molecule has 0 aliphatic carbocycles. The first-order valence-electron chi connectivity index (χ1n) is 8.41. The maximum Gasteiger partial charge on any atom is 0.246 e. The van der Waals surface area contributed by atoms with Crippen molar-refractivity contribution in [3.63, 3.8) is 0 Å². The van der Waals surface area contributed by atoms with E-state index >= 15 is 0 Å². The summed E-state index contributed by atoms with van der Waals surface area (Å²) < 4.78 is 0. The largest absolute Gasteiger partial charge is 0.352 e. The standard InChI is InChI=1S/C19H26N2O2/c1-3-6-18(22)20-17-9-5-12-21(14-17)19(23)11-10-16-8-4-7-15(2)13-16/h4,7-8,10-11,13,17H,3,5-6,9,12,14H2,1-2H3,(H,20,22)/b11-10+. The van der Waals surface area contributed by atoms with Gasteiger partial charge in [-0.3, -0.25) is 9.59 Å². The molecule has 1 unspecified atom stereocenters. The molecule has 0 aromatic heterocycles. The van der Waals surface area contributed by atoms with E-state index in [1.54, 1.807) is 6.08 Å². The van der Waals surface area contributed by atoms with Crippen LogP contribution in [0.25, 0.3) is 6.08 Å². The topological polar surface area (TPSA) is 49.4 Å². The second-order valence-electron chi connectivity index (χ2n) is 6.19. The van der Waals surface area contributed by atoms with Gasteiger partial charge in [-0.25, -0.2) is 0 Å². The lowest BCUT2D eigenvalue weighted by Crippen LogP contribution is -2.49. The Morgan fingerprint density at radius 2 is 2.22 bits per heavy atom. The van der Waals surface area contributed by atoms with Gasteiger partial charge in [-0.15, -0.1) is 0 Å². The maximum atomic E-state index is 12.3. The molecule has 0 radical (unpaired) electrons. The number of nitrogens with zero attached hydrogens (tertiary/aromatic N) is 1. The van der Waals surface area contributed by atoms with E-state index < -0.39 is 0 Å². The van der Waals surface area contributed by atoms with Gasteiger partial charge >= 0.3 is 0 Å². The van der Waals surface area contributed by atoms with Crippen LogP contribution in [0.15, 0.2) is 30.3 Å². The molecule has 1 aliphatic heterocycles. The van der Waals surface area contributed by atoms with Gasteiger partial charge in [0.2, 0.25) is 11.8 Å². The molecule has 4 nitrogen and oxygen atoms in total. The van der Waals surface area contributed by atoms with Crippen LogP contribution in [0, 0.1) is 6.92 Å². The van der Waals surface area contributed by atoms with Crippen LogP contribution in [-0.4, -0.2) is 35.8 Å². The number of carbonyl (C=O) groups excluding carboxylic acids is 2. The Labute approximate surface area is 138 Å². The molecule has 23 heavy (non-hydrogen) atoms. The van der Waals surface area contributed by atoms with Gasteiger partial charge in [0.1, 0.15) is 0 Å². The highest BCUT2D eigenvalue weighted by Crippen LogP contribution is 2.12. The molecule has 2 amide bonds. The van der Waals surface area contributed by atoms with E-state index in [-0.39, 0.29) is 17.9 Å². The number of rotatable bonds is 5. The maximum absolute atomic E-state index is 12.3. The van der Waals surface area contributed by atoms with Crippen molar-refractivity contribution in [3.05, 3.63) is 41.5 Å². The number of amides is 2. The van der Waals surface area contributed by atoms with E-state index in [4.69, 9.17) is 0 Å². The number of nitrogens with one attached hydrogen (secondary N) is 1. The Bertz CT molecular complexity index is 580. The molecule has 1 aromatic carbocycles. The Morgan fingerprint density at radius 1 is 1.39 bits per heavy atom. The Kier molecular flexibility index (Phi) is 6.39. The van der Waals surface area contributed by atoms with E-state index in [0.29, 0.717) is 13.0 Å². The SMILES string of the molecule is CCCC(=O)NC1CCCN(C(=O)/C=C/c2cccc(C)c2)C1. The highest BCUT2D eigenvalue weighted by Gasteiger charge is 2.23. The summed E-state index contributed by atoms with van der Waals surface area (Å²) in [5.74, 6) is 0.100. The molecule has 0 bridgehead atoms. The van der Waals surface area contributed by atoms with Gasteiger partial charge in [0.15, 0.2) is 0 Å². The highest BCUT2D eigenvalue weighted by molar-refractivity contribution is 5.92. The summed E-state index contributed by atoms with van der Waals surface area (Å²) in [7, 11) is 0. The van der Waals surface area contributed by atoms with E-state index in [1.165, 1.54) is 5.56 Å². The third-order valence-corrected chi connectivity index (χ3v) is 4.04. The van der Waals surface area contributed by atoms with Gasteiger partial charge in [0, 0.05) is 31.6 Å². The molecule has 0 spiro atoms. The minimum Gasteiger partial charge on any atom is -0.352 e. The summed E-state index contributed by atoms with van der Waals surface area (Å²) in [5, 5.41) is 3.03. The van der Waals surface area contributed by atoms with Gasteiger partial charge in [0.25, 0.3) is 0 Å². The first-order valence-corrected chi connectivity index (χ1v) is 8.41. The Hall–Kier alpha value is -2.10. The minimum absolute atomic E-state index is 0.0148. The molecule has 124 valence electrons. The second-order valence-corrected chi connectivity index (χ2v) is 6.19. The highest BCUT2D eigenvalue weighted by atomic mass is 16.2. The lowest BCUT2D eigenvalue weighted by Gasteiger charge is -2.32. The van der Waals surface area contributed by atoms with E-state index in [2.05, 4.69) is 5.32 Å². The number of piperidine rings is 1.